The highest BCUT2D eigenvalue weighted by Gasteiger charge is 2.19. The van der Waals surface area contributed by atoms with Gasteiger partial charge in [-0.15, -0.1) is 0 Å². The molecule has 2 heteroatoms. The SMILES string of the molecule is C[C@H](CCc1ccccc1)NC(=O)[C@@H]1CC=CCC1. The Morgan fingerprint density at radius 3 is 2.79 bits per heavy atom. The van der Waals surface area contributed by atoms with Gasteiger partial charge in [0.05, 0.1) is 0 Å². The van der Waals surface area contributed by atoms with Crippen LogP contribution in [0.15, 0.2) is 42.5 Å². The van der Waals surface area contributed by atoms with E-state index in [1.165, 1.54) is 5.56 Å². The van der Waals surface area contributed by atoms with Crippen molar-refractivity contribution in [2.75, 3.05) is 0 Å². The van der Waals surface area contributed by atoms with Crippen molar-refractivity contribution in [1.29, 1.82) is 0 Å². The molecular formula is C17H23NO. The van der Waals surface area contributed by atoms with Gasteiger partial charge in [-0.3, -0.25) is 4.79 Å². The molecule has 0 fully saturated rings. The summed E-state index contributed by atoms with van der Waals surface area (Å²) >= 11 is 0. The van der Waals surface area contributed by atoms with Crippen LogP contribution < -0.4 is 5.32 Å². The molecule has 0 aromatic heterocycles. The van der Waals surface area contributed by atoms with E-state index in [2.05, 4.69) is 48.7 Å². The van der Waals surface area contributed by atoms with E-state index in [0.29, 0.717) is 0 Å². The first-order valence-electron chi connectivity index (χ1n) is 7.25. The van der Waals surface area contributed by atoms with Crippen molar-refractivity contribution >= 4 is 5.91 Å². The van der Waals surface area contributed by atoms with E-state index < -0.39 is 0 Å². The predicted octanol–water partition coefficient (Wildman–Crippen LogP) is 3.48. The van der Waals surface area contributed by atoms with Crippen LogP contribution in [-0.4, -0.2) is 11.9 Å². The van der Waals surface area contributed by atoms with Crippen molar-refractivity contribution in [1.82, 2.24) is 5.32 Å². The van der Waals surface area contributed by atoms with Crippen LogP contribution in [0.2, 0.25) is 0 Å². The molecule has 0 aliphatic heterocycles. The number of hydrogen-bond donors (Lipinski definition) is 1. The Labute approximate surface area is 115 Å². The molecule has 1 aliphatic carbocycles. The first-order chi connectivity index (χ1) is 9.25. The Morgan fingerprint density at radius 2 is 2.11 bits per heavy atom. The summed E-state index contributed by atoms with van der Waals surface area (Å²) in [6, 6.07) is 10.7. The third-order valence-corrected chi connectivity index (χ3v) is 3.74. The molecule has 0 unspecified atom stereocenters. The fourth-order valence-corrected chi connectivity index (χ4v) is 2.49. The van der Waals surface area contributed by atoms with Crippen molar-refractivity contribution in [2.45, 2.75) is 45.1 Å². The summed E-state index contributed by atoms with van der Waals surface area (Å²) in [4.78, 5) is 12.1. The monoisotopic (exact) mass is 257 g/mol. The van der Waals surface area contributed by atoms with Gasteiger partial charge in [0.15, 0.2) is 0 Å². The zero-order chi connectivity index (χ0) is 13.5. The quantitative estimate of drug-likeness (QED) is 0.804. The molecule has 2 rings (SSSR count). The minimum Gasteiger partial charge on any atom is -0.353 e. The molecule has 19 heavy (non-hydrogen) atoms. The maximum atomic E-state index is 12.1. The van der Waals surface area contributed by atoms with E-state index in [-0.39, 0.29) is 17.9 Å². The second kappa shape index (κ2) is 7.13. The predicted molar refractivity (Wildman–Crippen MR) is 78.8 cm³/mol. The number of amides is 1. The third-order valence-electron chi connectivity index (χ3n) is 3.74. The lowest BCUT2D eigenvalue weighted by molar-refractivity contribution is -0.125. The second-order valence-corrected chi connectivity index (χ2v) is 5.42. The van der Waals surface area contributed by atoms with Gasteiger partial charge in [-0.2, -0.15) is 0 Å². The molecule has 1 amide bonds. The molecule has 0 saturated carbocycles. The van der Waals surface area contributed by atoms with Gasteiger partial charge in [0, 0.05) is 12.0 Å². The summed E-state index contributed by atoms with van der Waals surface area (Å²) in [6.07, 6.45) is 9.25. The standard InChI is InChI=1S/C17H23NO/c1-14(12-13-15-8-4-2-5-9-15)18-17(19)16-10-6-3-7-11-16/h2-6,8-9,14,16H,7,10-13H2,1H3,(H,18,19)/t14-,16-/m1/s1. The Morgan fingerprint density at radius 1 is 1.32 bits per heavy atom. The molecule has 0 spiro atoms. The number of carbonyl (C=O) groups is 1. The van der Waals surface area contributed by atoms with Gasteiger partial charge in [-0.05, 0) is 44.6 Å². The molecule has 0 bridgehead atoms. The number of aryl methyl sites for hydroxylation is 1. The van der Waals surface area contributed by atoms with E-state index in [0.717, 1.165) is 32.1 Å². The van der Waals surface area contributed by atoms with Crippen LogP contribution in [0.5, 0.6) is 0 Å². The van der Waals surface area contributed by atoms with E-state index >= 15 is 0 Å². The molecule has 102 valence electrons. The van der Waals surface area contributed by atoms with Gasteiger partial charge in [0.25, 0.3) is 0 Å². The Bertz CT molecular complexity index is 424. The lowest BCUT2D eigenvalue weighted by Crippen LogP contribution is -2.37. The Kier molecular flexibility index (Phi) is 5.20. The minimum atomic E-state index is 0.184. The summed E-state index contributed by atoms with van der Waals surface area (Å²) in [6.45, 7) is 2.10. The third kappa shape index (κ3) is 4.55. The molecule has 2 nitrogen and oxygen atoms in total. The number of allylic oxidation sites excluding steroid dienone is 2. The van der Waals surface area contributed by atoms with E-state index in [1.807, 2.05) is 6.07 Å². The van der Waals surface area contributed by atoms with Crippen LogP contribution in [0.25, 0.3) is 0 Å². The first-order valence-corrected chi connectivity index (χ1v) is 7.25. The van der Waals surface area contributed by atoms with Crippen LogP contribution in [0.1, 0.15) is 38.2 Å². The van der Waals surface area contributed by atoms with Crippen molar-refractivity contribution < 1.29 is 4.79 Å². The highest BCUT2D eigenvalue weighted by atomic mass is 16.1. The normalized spacial score (nSPS) is 19.9. The summed E-state index contributed by atoms with van der Waals surface area (Å²) < 4.78 is 0. The van der Waals surface area contributed by atoms with Crippen molar-refractivity contribution in [3.05, 3.63) is 48.0 Å². The van der Waals surface area contributed by atoms with Crippen molar-refractivity contribution in [3.63, 3.8) is 0 Å². The zero-order valence-corrected chi connectivity index (χ0v) is 11.6. The Hall–Kier alpha value is -1.57. The number of hydrogen-bond acceptors (Lipinski definition) is 1. The van der Waals surface area contributed by atoms with Crippen LogP contribution in [0, 0.1) is 5.92 Å². The lowest BCUT2D eigenvalue weighted by atomic mass is 9.93. The van der Waals surface area contributed by atoms with Gasteiger partial charge in [-0.25, -0.2) is 0 Å². The first kappa shape index (κ1) is 13.9. The van der Waals surface area contributed by atoms with Gasteiger partial charge >= 0.3 is 0 Å². The largest absolute Gasteiger partial charge is 0.353 e. The van der Waals surface area contributed by atoms with Crippen LogP contribution in [0.4, 0.5) is 0 Å². The summed E-state index contributed by atoms with van der Waals surface area (Å²) in [5.74, 6) is 0.411. The van der Waals surface area contributed by atoms with Crippen molar-refractivity contribution in [3.8, 4) is 0 Å². The maximum Gasteiger partial charge on any atom is 0.223 e. The minimum absolute atomic E-state index is 0.184. The second-order valence-electron chi connectivity index (χ2n) is 5.42. The lowest BCUT2D eigenvalue weighted by Gasteiger charge is -2.20. The highest BCUT2D eigenvalue weighted by Crippen LogP contribution is 2.18. The molecular weight excluding hydrogens is 234 g/mol. The highest BCUT2D eigenvalue weighted by molar-refractivity contribution is 5.79. The molecule has 1 aromatic rings. The maximum absolute atomic E-state index is 12.1. The molecule has 2 atom stereocenters. The molecule has 1 aliphatic rings. The zero-order valence-electron chi connectivity index (χ0n) is 11.6. The smallest absolute Gasteiger partial charge is 0.223 e. The number of nitrogens with one attached hydrogen (secondary N) is 1. The van der Waals surface area contributed by atoms with E-state index in [1.54, 1.807) is 0 Å². The van der Waals surface area contributed by atoms with Crippen LogP contribution in [0.3, 0.4) is 0 Å². The Balaban J connectivity index is 1.73. The molecule has 0 radical (unpaired) electrons. The molecule has 1 aromatic carbocycles. The van der Waals surface area contributed by atoms with Crippen LogP contribution >= 0.6 is 0 Å². The topological polar surface area (TPSA) is 29.1 Å². The number of rotatable bonds is 5. The number of benzene rings is 1. The fraction of sp³-hybridized carbons (Fsp3) is 0.471. The fourth-order valence-electron chi connectivity index (χ4n) is 2.49. The number of carbonyl (C=O) groups excluding carboxylic acids is 1. The average molecular weight is 257 g/mol. The van der Waals surface area contributed by atoms with E-state index in [4.69, 9.17) is 0 Å². The van der Waals surface area contributed by atoms with Gasteiger partial charge in [0.2, 0.25) is 5.91 Å². The van der Waals surface area contributed by atoms with Crippen LogP contribution in [-0.2, 0) is 11.2 Å². The molecule has 0 saturated heterocycles. The molecule has 1 N–H and O–H groups in total. The summed E-state index contributed by atoms with van der Waals surface area (Å²) in [5.41, 5.74) is 1.34. The van der Waals surface area contributed by atoms with Gasteiger partial charge in [-0.1, -0.05) is 42.5 Å². The van der Waals surface area contributed by atoms with Gasteiger partial charge < -0.3 is 5.32 Å². The molecule has 0 heterocycles. The van der Waals surface area contributed by atoms with Gasteiger partial charge in [0.1, 0.15) is 0 Å². The average Bonchev–Trinajstić information content (AvgIpc) is 2.47. The summed E-state index contributed by atoms with van der Waals surface area (Å²) in [7, 11) is 0. The van der Waals surface area contributed by atoms with E-state index in [9.17, 15) is 4.79 Å². The van der Waals surface area contributed by atoms with Crippen molar-refractivity contribution in [2.24, 2.45) is 5.92 Å². The summed E-state index contributed by atoms with van der Waals surface area (Å²) in [5, 5.41) is 3.15.